The van der Waals surface area contributed by atoms with E-state index in [1.54, 1.807) is 0 Å². The van der Waals surface area contributed by atoms with Gasteiger partial charge < -0.3 is 9.40 Å². The van der Waals surface area contributed by atoms with Crippen LogP contribution in [0.15, 0.2) is 39.9 Å². The van der Waals surface area contributed by atoms with Gasteiger partial charge in [-0.25, -0.2) is 4.39 Å². The van der Waals surface area contributed by atoms with Crippen LogP contribution in [0.3, 0.4) is 0 Å². The molecule has 0 fully saturated rings. The first kappa shape index (κ1) is 9.71. The topological polar surface area (TPSA) is 71.8 Å². The first-order chi connectivity index (χ1) is 8.25. The number of aromatic amines is 1. The predicted molar refractivity (Wildman–Crippen MR) is 57.8 cm³/mol. The van der Waals surface area contributed by atoms with E-state index in [9.17, 15) is 9.18 Å². The molecular formula is C11H6FN3O2. The molecule has 5 nitrogen and oxygen atoms in total. The minimum atomic E-state index is -0.478. The summed E-state index contributed by atoms with van der Waals surface area (Å²) in [6.07, 6.45) is 1.12. The molecule has 0 atom stereocenters. The molecule has 0 bridgehead atoms. The number of pyridine rings is 1. The molecule has 6 heteroatoms. The van der Waals surface area contributed by atoms with Crippen LogP contribution in [0, 0.1) is 5.82 Å². The van der Waals surface area contributed by atoms with Crippen molar-refractivity contribution in [3.8, 4) is 11.5 Å². The maximum atomic E-state index is 13.8. The molecule has 3 aromatic rings. The predicted octanol–water partition coefficient (Wildman–Crippen LogP) is 1.72. The monoisotopic (exact) mass is 231 g/mol. The van der Waals surface area contributed by atoms with Gasteiger partial charge in [-0.1, -0.05) is 0 Å². The Morgan fingerprint density at radius 3 is 2.88 bits per heavy atom. The van der Waals surface area contributed by atoms with E-state index in [0.717, 1.165) is 6.39 Å². The molecule has 0 aliphatic carbocycles. The Hall–Kier alpha value is -2.50. The number of hydrogen-bond acceptors (Lipinski definition) is 4. The highest BCUT2D eigenvalue weighted by Crippen LogP contribution is 2.28. The smallest absolute Gasteiger partial charge is 0.251 e. The lowest BCUT2D eigenvalue weighted by atomic mass is 10.1. The van der Waals surface area contributed by atoms with Crippen molar-refractivity contribution in [2.75, 3.05) is 0 Å². The molecule has 0 spiro atoms. The van der Waals surface area contributed by atoms with Gasteiger partial charge in [0.15, 0.2) is 0 Å². The van der Waals surface area contributed by atoms with Gasteiger partial charge in [-0.05, 0) is 18.2 Å². The Balaban J connectivity index is 2.44. The Morgan fingerprint density at radius 1 is 1.24 bits per heavy atom. The summed E-state index contributed by atoms with van der Waals surface area (Å²) in [6, 6.07) is 5.59. The summed E-state index contributed by atoms with van der Waals surface area (Å²) in [6.45, 7) is 0. The number of halogens is 1. The molecule has 0 amide bonds. The maximum absolute atomic E-state index is 13.8. The summed E-state index contributed by atoms with van der Waals surface area (Å²) >= 11 is 0. The van der Waals surface area contributed by atoms with Crippen molar-refractivity contribution in [1.82, 2.24) is 15.2 Å². The Morgan fingerprint density at radius 2 is 2.12 bits per heavy atom. The quantitative estimate of drug-likeness (QED) is 0.692. The highest BCUT2D eigenvalue weighted by Gasteiger charge is 2.14. The highest BCUT2D eigenvalue weighted by molar-refractivity contribution is 5.92. The van der Waals surface area contributed by atoms with Gasteiger partial charge in [0, 0.05) is 17.0 Å². The zero-order valence-corrected chi connectivity index (χ0v) is 8.48. The first-order valence-electron chi connectivity index (χ1n) is 4.84. The number of hydrogen-bond donors (Lipinski definition) is 1. The van der Waals surface area contributed by atoms with E-state index in [4.69, 9.17) is 4.42 Å². The SMILES string of the molecule is O=c1ccc2c(-c3nnco3)c(F)ccc2[nH]1. The van der Waals surface area contributed by atoms with E-state index in [-0.39, 0.29) is 17.0 Å². The molecule has 1 N–H and O–H groups in total. The molecular weight excluding hydrogens is 225 g/mol. The normalized spacial score (nSPS) is 10.9. The fraction of sp³-hybridized carbons (Fsp3) is 0. The molecule has 0 aliphatic heterocycles. The summed E-state index contributed by atoms with van der Waals surface area (Å²) in [5.41, 5.74) is 0.462. The number of nitrogens with zero attached hydrogens (tertiary/aromatic N) is 2. The van der Waals surface area contributed by atoms with Gasteiger partial charge in [0.05, 0.1) is 5.56 Å². The third-order valence-electron chi connectivity index (χ3n) is 2.43. The average Bonchev–Trinajstić information content (AvgIpc) is 2.82. The van der Waals surface area contributed by atoms with Crippen molar-refractivity contribution in [3.63, 3.8) is 0 Å². The summed E-state index contributed by atoms with van der Waals surface area (Å²) < 4.78 is 18.7. The van der Waals surface area contributed by atoms with Gasteiger partial charge in [0.2, 0.25) is 12.0 Å². The second kappa shape index (κ2) is 3.51. The molecule has 1 aromatic carbocycles. The standard InChI is InChI=1S/C11H6FN3O2/c12-7-2-3-8-6(1-4-9(16)14-8)10(7)11-15-13-5-17-11/h1-5H,(H,14,16). The van der Waals surface area contributed by atoms with Crippen molar-refractivity contribution in [2.24, 2.45) is 0 Å². The van der Waals surface area contributed by atoms with E-state index in [0.29, 0.717) is 10.9 Å². The zero-order valence-electron chi connectivity index (χ0n) is 8.48. The van der Waals surface area contributed by atoms with Gasteiger partial charge in [0.1, 0.15) is 5.82 Å². The number of nitrogens with one attached hydrogen (secondary N) is 1. The number of benzene rings is 1. The molecule has 17 heavy (non-hydrogen) atoms. The van der Waals surface area contributed by atoms with Crippen LogP contribution in [0.25, 0.3) is 22.4 Å². The minimum Gasteiger partial charge on any atom is -0.423 e. The van der Waals surface area contributed by atoms with E-state index in [2.05, 4.69) is 15.2 Å². The van der Waals surface area contributed by atoms with Crippen molar-refractivity contribution < 1.29 is 8.81 Å². The van der Waals surface area contributed by atoms with Crippen molar-refractivity contribution in [3.05, 3.63) is 46.8 Å². The van der Waals surface area contributed by atoms with Crippen LogP contribution in [0.1, 0.15) is 0 Å². The molecule has 0 radical (unpaired) electrons. The lowest BCUT2D eigenvalue weighted by Gasteiger charge is -2.03. The first-order valence-corrected chi connectivity index (χ1v) is 4.84. The Bertz CT molecular complexity index is 734. The number of aromatic nitrogens is 3. The molecule has 2 heterocycles. The molecule has 2 aromatic heterocycles. The van der Waals surface area contributed by atoms with Gasteiger partial charge >= 0.3 is 0 Å². The third kappa shape index (κ3) is 1.50. The van der Waals surface area contributed by atoms with Crippen LogP contribution in [0.2, 0.25) is 0 Å². The molecule has 0 saturated heterocycles. The van der Waals surface area contributed by atoms with Gasteiger partial charge in [-0.2, -0.15) is 0 Å². The Labute approximate surface area is 93.9 Å². The highest BCUT2D eigenvalue weighted by atomic mass is 19.1. The van der Waals surface area contributed by atoms with Crippen LogP contribution >= 0.6 is 0 Å². The third-order valence-corrected chi connectivity index (χ3v) is 2.43. The number of fused-ring (bicyclic) bond motifs is 1. The van der Waals surface area contributed by atoms with E-state index in [1.807, 2.05) is 0 Å². The molecule has 0 aliphatic rings. The fourth-order valence-corrected chi connectivity index (χ4v) is 1.71. The van der Waals surface area contributed by atoms with Crippen LogP contribution in [0.4, 0.5) is 4.39 Å². The van der Waals surface area contributed by atoms with Crippen LogP contribution in [-0.4, -0.2) is 15.2 Å². The zero-order chi connectivity index (χ0) is 11.8. The van der Waals surface area contributed by atoms with Crippen LogP contribution in [-0.2, 0) is 0 Å². The summed E-state index contributed by atoms with van der Waals surface area (Å²) in [5, 5.41) is 7.70. The van der Waals surface area contributed by atoms with Gasteiger partial charge in [-0.3, -0.25) is 4.79 Å². The largest absolute Gasteiger partial charge is 0.423 e. The van der Waals surface area contributed by atoms with E-state index < -0.39 is 5.82 Å². The molecule has 0 saturated carbocycles. The van der Waals surface area contributed by atoms with Crippen LogP contribution in [0.5, 0.6) is 0 Å². The summed E-state index contributed by atoms with van der Waals surface area (Å²) in [5.74, 6) is -0.394. The summed E-state index contributed by atoms with van der Waals surface area (Å²) in [7, 11) is 0. The lowest BCUT2D eigenvalue weighted by Crippen LogP contribution is -2.03. The Kier molecular flexibility index (Phi) is 2.01. The number of H-pyrrole nitrogens is 1. The van der Waals surface area contributed by atoms with Gasteiger partial charge in [0.25, 0.3) is 5.89 Å². The molecule has 0 unspecified atom stereocenters. The maximum Gasteiger partial charge on any atom is 0.251 e. The average molecular weight is 231 g/mol. The second-order valence-electron chi connectivity index (χ2n) is 3.45. The molecule has 84 valence electrons. The van der Waals surface area contributed by atoms with E-state index in [1.165, 1.54) is 24.3 Å². The van der Waals surface area contributed by atoms with Crippen molar-refractivity contribution >= 4 is 10.9 Å². The molecule has 3 rings (SSSR count). The van der Waals surface area contributed by atoms with E-state index >= 15 is 0 Å². The lowest BCUT2D eigenvalue weighted by molar-refractivity contribution is 0.559. The number of rotatable bonds is 1. The van der Waals surface area contributed by atoms with Crippen molar-refractivity contribution in [1.29, 1.82) is 0 Å². The van der Waals surface area contributed by atoms with Crippen molar-refractivity contribution in [2.45, 2.75) is 0 Å². The van der Waals surface area contributed by atoms with Gasteiger partial charge in [-0.15, -0.1) is 10.2 Å². The fourth-order valence-electron chi connectivity index (χ4n) is 1.71. The summed E-state index contributed by atoms with van der Waals surface area (Å²) in [4.78, 5) is 13.8. The second-order valence-corrected chi connectivity index (χ2v) is 3.45. The van der Waals surface area contributed by atoms with Crippen LogP contribution < -0.4 is 5.56 Å². The minimum absolute atomic E-state index is 0.0835.